The Bertz CT molecular complexity index is 1370. The van der Waals surface area contributed by atoms with Crippen molar-refractivity contribution in [1.82, 2.24) is 5.32 Å². The number of aryl methyl sites for hydroxylation is 1. The van der Waals surface area contributed by atoms with Crippen LogP contribution < -0.4 is 15.0 Å². The van der Waals surface area contributed by atoms with Gasteiger partial charge in [-0.25, -0.2) is 14.5 Å². The van der Waals surface area contributed by atoms with Crippen molar-refractivity contribution in [2.75, 3.05) is 4.90 Å². The molecule has 3 aromatic carbocycles. The fourth-order valence-electron chi connectivity index (χ4n) is 3.34. The number of ether oxygens (including phenoxy) is 1. The second-order valence-electron chi connectivity index (χ2n) is 7.36. The van der Waals surface area contributed by atoms with E-state index in [1.807, 2.05) is 13.0 Å². The van der Waals surface area contributed by atoms with Crippen molar-refractivity contribution >= 4 is 67.4 Å². The van der Waals surface area contributed by atoms with E-state index in [1.54, 1.807) is 60.7 Å². The lowest BCUT2D eigenvalue weighted by atomic mass is 10.1. The van der Waals surface area contributed by atoms with E-state index in [0.29, 0.717) is 20.2 Å². The molecule has 1 heterocycles. The van der Waals surface area contributed by atoms with Gasteiger partial charge in [0.2, 0.25) is 0 Å². The molecule has 1 N–H and O–H groups in total. The molecule has 0 aromatic heterocycles. The predicted octanol–water partition coefficient (Wildman–Crippen LogP) is 5.41. The Morgan fingerprint density at radius 1 is 0.971 bits per heavy atom. The molecule has 1 aliphatic rings. The van der Waals surface area contributed by atoms with Gasteiger partial charge in [-0.3, -0.25) is 14.9 Å². The number of benzene rings is 3. The van der Waals surface area contributed by atoms with Gasteiger partial charge in [0.05, 0.1) is 15.7 Å². The zero-order valence-electron chi connectivity index (χ0n) is 17.7. The molecule has 1 saturated heterocycles. The largest absolute Gasteiger partial charge is 0.421 e. The van der Waals surface area contributed by atoms with Crippen molar-refractivity contribution in [3.63, 3.8) is 0 Å². The number of urea groups is 1. The van der Waals surface area contributed by atoms with E-state index in [2.05, 4.69) is 37.2 Å². The van der Waals surface area contributed by atoms with E-state index >= 15 is 0 Å². The molecule has 1 fully saturated rings. The summed E-state index contributed by atoms with van der Waals surface area (Å²) in [4.78, 5) is 51.9. The molecule has 1 aliphatic heterocycles. The SMILES string of the molecule is Cc1cccc(N2C(=O)NC(=O)/C(=C/c3cc(Br)cc(Br)c3OC(=O)c3ccccc3)C2=O)c1. The minimum Gasteiger partial charge on any atom is -0.421 e. The van der Waals surface area contributed by atoms with Crippen LogP contribution in [0.2, 0.25) is 0 Å². The second-order valence-corrected chi connectivity index (χ2v) is 9.13. The highest BCUT2D eigenvalue weighted by molar-refractivity contribution is 9.11. The second kappa shape index (κ2) is 9.74. The number of amides is 4. The van der Waals surface area contributed by atoms with E-state index in [-0.39, 0.29) is 16.9 Å². The maximum atomic E-state index is 13.2. The first kappa shape index (κ1) is 23.6. The third-order valence-electron chi connectivity index (χ3n) is 4.90. The Kier molecular flexibility index (Phi) is 6.76. The topological polar surface area (TPSA) is 92.8 Å². The Morgan fingerprint density at radius 2 is 1.71 bits per heavy atom. The smallest absolute Gasteiger partial charge is 0.343 e. The molecule has 0 aliphatic carbocycles. The Morgan fingerprint density at radius 3 is 2.41 bits per heavy atom. The van der Waals surface area contributed by atoms with Gasteiger partial charge in [0, 0.05) is 10.0 Å². The summed E-state index contributed by atoms with van der Waals surface area (Å²) < 4.78 is 6.64. The maximum absolute atomic E-state index is 13.2. The predicted molar refractivity (Wildman–Crippen MR) is 133 cm³/mol. The van der Waals surface area contributed by atoms with Crippen LogP contribution in [0.25, 0.3) is 6.08 Å². The summed E-state index contributed by atoms with van der Waals surface area (Å²) in [6.07, 6.45) is 1.29. The Labute approximate surface area is 211 Å². The number of carbonyl (C=O) groups excluding carboxylic acids is 4. The average molecular weight is 584 g/mol. The van der Waals surface area contributed by atoms with Gasteiger partial charge in [-0.05, 0) is 70.9 Å². The van der Waals surface area contributed by atoms with E-state index in [9.17, 15) is 19.2 Å². The molecule has 34 heavy (non-hydrogen) atoms. The summed E-state index contributed by atoms with van der Waals surface area (Å²) in [5.41, 5.74) is 1.49. The zero-order valence-corrected chi connectivity index (χ0v) is 20.8. The third kappa shape index (κ3) is 4.85. The molecule has 7 nitrogen and oxygen atoms in total. The number of hydrogen-bond acceptors (Lipinski definition) is 5. The summed E-state index contributed by atoms with van der Waals surface area (Å²) in [5.74, 6) is -2.14. The number of nitrogens with zero attached hydrogens (tertiary/aromatic N) is 1. The van der Waals surface area contributed by atoms with Gasteiger partial charge in [-0.15, -0.1) is 0 Å². The van der Waals surface area contributed by atoms with Gasteiger partial charge >= 0.3 is 12.0 Å². The van der Waals surface area contributed by atoms with Gasteiger partial charge in [0.15, 0.2) is 5.75 Å². The first-order valence-electron chi connectivity index (χ1n) is 9.99. The Hall–Kier alpha value is -3.56. The number of esters is 1. The van der Waals surface area contributed by atoms with Crippen LogP contribution in [0.5, 0.6) is 5.75 Å². The number of anilines is 1. The van der Waals surface area contributed by atoms with E-state index in [1.165, 1.54) is 6.08 Å². The third-order valence-corrected chi connectivity index (χ3v) is 5.95. The van der Waals surface area contributed by atoms with E-state index in [0.717, 1.165) is 10.5 Å². The number of halogens is 2. The number of carbonyl (C=O) groups is 4. The molecule has 0 unspecified atom stereocenters. The van der Waals surface area contributed by atoms with Crippen LogP contribution in [0, 0.1) is 6.92 Å². The number of nitrogens with one attached hydrogen (secondary N) is 1. The highest BCUT2D eigenvalue weighted by Gasteiger charge is 2.37. The fraction of sp³-hybridized carbons (Fsp3) is 0.0400. The van der Waals surface area contributed by atoms with Gasteiger partial charge in [-0.2, -0.15) is 0 Å². The van der Waals surface area contributed by atoms with Crippen LogP contribution in [-0.4, -0.2) is 23.8 Å². The van der Waals surface area contributed by atoms with Gasteiger partial charge in [-0.1, -0.05) is 46.3 Å². The van der Waals surface area contributed by atoms with Gasteiger partial charge in [0.25, 0.3) is 11.8 Å². The first-order chi connectivity index (χ1) is 16.2. The molecule has 9 heteroatoms. The summed E-state index contributed by atoms with van der Waals surface area (Å²) in [6.45, 7) is 1.82. The van der Waals surface area contributed by atoms with Crippen molar-refractivity contribution in [3.05, 3.63) is 97.9 Å². The van der Waals surface area contributed by atoms with Gasteiger partial charge < -0.3 is 4.74 Å². The minimum atomic E-state index is -0.852. The molecule has 0 saturated carbocycles. The molecule has 0 spiro atoms. The number of rotatable bonds is 4. The molecule has 3 aromatic rings. The highest BCUT2D eigenvalue weighted by atomic mass is 79.9. The number of barbiturate groups is 1. The lowest BCUT2D eigenvalue weighted by molar-refractivity contribution is -0.122. The van der Waals surface area contributed by atoms with Crippen molar-refractivity contribution < 1.29 is 23.9 Å². The first-order valence-corrected chi connectivity index (χ1v) is 11.6. The van der Waals surface area contributed by atoms with Crippen LogP contribution in [0.1, 0.15) is 21.5 Å². The molecule has 0 radical (unpaired) electrons. The molecule has 0 bridgehead atoms. The van der Waals surface area contributed by atoms with Crippen molar-refractivity contribution in [1.29, 1.82) is 0 Å². The van der Waals surface area contributed by atoms with Crippen LogP contribution in [0.3, 0.4) is 0 Å². The summed E-state index contributed by atoms with van der Waals surface area (Å²) in [7, 11) is 0. The van der Waals surface area contributed by atoms with Crippen LogP contribution in [0.15, 0.2) is 81.2 Å². The monoisotopic (exact) mass is 582 g/mol. The molecule has 170 valence electrons. The lowest BCUT2D eigenvalue weighted by Crippen LogP contribution is -2.54. The van der Waals surface area contributed by atoms with Crippen molar-refractivity contribution in [2.24, 2.45) is 0 Å². The quantitative estimate of drug-likeness (QED) is 0.192. The maximum Gasteiger partial charge on any atom is 0.343 e. The molecular formula is C25H16Br2N2O5. The molecule has 4 amide bonds. The standard InChI is InChI=1S/C25H16Br2N2O5/c1-14-6-5-9-18(10-14)29-23(31)19(22(30)28-25(29)33)12-16-11-17(26)13-20(27)21(16)34-24(32)15-7-3-2-4-8-15/h2-13H,1H3,(H,28,30,33)/b19-12-. The van der Waals surface area contributed by atoms with Crippen LogP contribution in [0.4, 0.5) is 10.5 Å². The lowest BCUT2D eigenvalue weighted by Gasteiger charge is -2.26. The van der Waals surface area contributed by atoms with Crippen molar-refractivity contribution in [2.45, 2.75) is 6.92 Å². The van der Waals surface area contributed by atoms with Gasteiger partial charge in [0.1, 0.15) is 5.57 Å². The summed E-state index contributed by atoms with van der Waals surface area (Å²) >= 11 is 6.74. The number of hydrogen-bond donors (Lipinski definition) is 1. The normalized spacial score (nSPS) is 14.9. The Balaban J connectivity index is 1.76. The molecule has 4 rings (SSSR count). The van der Waals surface area contributed by atoms with Crippen molar-refractivity contribution in [3.8, 4) is 5.75 Å². The average Bonchev–Trinajstić information content (AvgIpc) is 2.79. The van der Waals surface area contributed by atoms with Crippen LogP contribution in [-0.2, 0) is 9.59 Å². The minimum absolute atomic E-state index is 0.115. The molecule has 0 atom stereocenters. The van der Waals surface area contributed by atoms with E-state index in [4.69, 9.17) is 4.74 Å². The number of imide groups is 2. The highest BCUT2D eigenvalue weighted by Crippen LogP contribution is 2.35. The van der Waals surface area contributed by atoms with Crippen LogP contribution >= 0.6 is 31.9 Å². The summed E-state index contributed by atoms with van der Waals surface area (Å²) in [5, 5.41) is 2.19. The summed E-state index contributed by atoms with van der Waals surface area (Å²) in [6, 6.07) is 17.6. The fourth-order valence-corrected chi connectivity index (χ4v) is 4.67. The zero-order chi connectivity index (χ0) is 24.4. The molecular weight excluding hydrogens is 568 g/mol. The van der Waals surface area contributed by atoms with E-state index < -0.39 is 23.8 Å².